The molecule has 0 aliphatic heterocycles. The van der Waals surface area contributed by atoms with Gasteiger partial charge in [0.1, 0.15) is 0 Å². The van der Waals surface area contributed by atoms with E-state index in [4.69, 9.17) is 5.73 Å². The average molecular weight is 284 g/mol. The maximum absolute atomic E-state index is 11.4. The van der Waals surface area contributed by atoms with Gasteiger partial charge in [-0.3, -0.25) is 4.79 Å². The van der Waals surface area contributed by atoms with Gasteiger partial charge in [-0.25, -0.2) is 4.79 Å². The van der Waals surface area contributed by atoms with E-state index in [1.807, 2.05) is 6.07 Å². The topological polar surface area (TPSA) is 81.4 Å². The first kappa shape index (κ1) is 14.6. The lowest BCUT2D eigenvalue weighted by molar-refractivity contribution is 0.0600. The van der Waals surface area contributed by atoms with Crippen LogP contribution in [-0.4, -0.2) is 18.9 Å². The van der Waals surface area contributed by atoms with Crippen LogP contribution in [0.5, 0.6) is 0 Å². The van der Waals surface area contributed by atoms with Crippen LogP contribution in [0.15, 0.2) is 42.5 Å². The second-order valence-electron chi connectivity index (χ2n) is 4.56. The van der Waals surface area contributed by atoms with Gasteiger partial charge in [0, 0.05) is 11.3 Å². The number of hydrogen-bond donors (Lipinski definition) is 2. The zero-order valence-electron chi connectivity index (χ0n) is 11.8. The molecular formula is C16H16N2O3. The third-order valence-electron chi connectivity index (χ3n) is 3.02. The fourth-order valence-corrected chi connectivity index (χ4v) is 1.89. The third kappa shape index (κ3) is 3.39. The number of ether oxygens (including phenoxy) is 1. The molecule has 0 heterocycles. The third-order valence-corrected chi connectivity index (χ3v) is 3.02. The van der Waals surface area contributed by atoms with Crippen LogP contribution in [0.3, 0.4) is 0 Å². The summed E-state index contributed by atoms with van der Waals surface area (Å²) in [4.78, 5) is 22.8. The SMILES string of the molecule is COC(=O)c1ccc(Nc2cccc(C(C)=O)c2)c(N)c1. The Morgan fingerprint density at radius 2 is 1.86 bits per heavy atom. The van der Waals surface area contributed by atoms with E-state index >= 15 is 0 Å². The van der Waals surface area contributed by atoms with Crippen molar-refractivity contribution in [2.75, 3.05) is 18.2 Å². The van der Waals surface area contributed by atoms with Crippen molar-refractivity contribution >= 4 is 28.8 Å². The Morgan fingerprint density at radius 3 is 2.48 bits per heavy atom. The molecule has 0 unspecified atom stereocenters. The molecule has 0 atom stereocenters. The molecule has 108 valence electrons. The summed E-state index contributed by atoms with van der Waals surface area (Å²) in [6, 6.07) is 12.0. The van der Waals surface area contributed by atoms with Crippen molar-refractivity contribution in [3.8, 4) is 0 Å². The number of rotatable bonds is 4. The number of anilines is 3. The zero-order chi connectivity index (χ0) is 15.4. The van der Waals surface area contributed by atoms with Gasteiger partial charge in [0.25, 0.3) is 0 Å². The van der Waals surface area contributed by atoms with Crippen molar-refractivity contribution in [2.45, 2.75) is 6.92 Å². The van der Waals surface area contributed by atoms with Gasteiger partial charge < -0.3 is 15.8 Å². The number of nitrogens with two attached hydrogens (primary N) is 1. The highest BCUT2D eigenvalue weighted by Gasteiger charge is 2.08. The number of nitrogen functional groups attached to an aromatic ring is 1. The quantitative estimate of drug-likeness (QED) is 0.512. The van der Waals surface area contributed by atoms with Gasteiger partial charge in [-0.1, -0.05) is 12.1 Å². The number of benzene rings is 2. The molecule has 0 bridgehead atoms. The minimum atomic E-state index is -0.438. The number of nitrogens with one attached hydrogen (secondary N) is 1. The predicted molar refractivity (Wildman–Crippen MR) is 81.9 cm³/mol. The summed E-state index contributed by atoms with van der Waals surface area (Å²) < 4.78 is 4.64. The first-order valence-electron chi connectivity index (χ1n) is 6.37. The fourth-order valence-electron chi connectivity index (χ4n) is 1.89. The van der Waals surface area contributed by atoms with E-state index in [0.717, 1.165) is 5.69 Å². The van der Waals surface area contributed by atoms with Crippen molar-refractivity contribution in [1.82, 2.24) is 0 Å². The number of carbonyl (C=O) groups is 2. The van der Waals surface area contributed by atoms with Gasteiger partial charge in [0.15, 0.2) is 5.78 Å². The number of esters is 1. The molecule has 2 rings (SSSR count). The Hall–Kier alpha value is -2.82. The van der Waals surface area contributed by atoms with Gasteiger partial charge in [-0.05, 0) is 37.3 Å². The summed E-state index contributed by atoms with van der Waals surface area (Å²) in [5.74, 6) is -0.445. The van der Waals surface area contributed by atoms with E-state index in [0.29, 0.717) is 22.5 Å². The highest BCUT2D eigenvalue weighted by Crippen LogP contribution is 2.25. The molecule has 0 radical (unpaired) electrons. The molecule has 0 saturated carbocycles. The second kappa shape index (κ2) is 6.09. The highest BCUT2D eigenvalue weighted by atomic mass is 16.5. The van der Waals surface area contributed by atoms with Gasteiger partial charge in [0.05, 0.1) is 24.0 Å². The summed E-state index contributed by atoms with van der Waals surface area (Å²) in [5, 5.41) is 3.12. The first-order valence-corrected chi connectivity index (χ1v) is 6.37. The van der Waals surface area contributed by atoms with Crippen LogP contribution in [-0.2, 0) is 4.74 Å². The largest absolute Gasteiger partial charge is 0.465 e. The van der Waals surface area contributed by atoms with Crippen LogP contribution in [0.4, 0.5) is 17.1 Å². The minimum absolute atomic E-state index is 0.00680. The Labute approximate surface area is 122 Å². The van der Waals surface area contributed by atoms with Crippen LogP contribution in [0.25, 0.3) is 0 Å². The van der Waals surface area contributed by atoms with Crippen LogP contribution >= 0.6 is 0 Å². The van der Waals surface area contributed by atoms with Crippen molar-refractivity contribution in [1.29, 1.82) is 0 Å². The van der Waals surface area contributed by atoms with E-state index in [-0.39, 0.29) is 5.78 Å². The Balaban J connectivity index is 2.26. The van der Waals surface area contributed by atoms with E-state index in [2.05, 4.69) is 10.1 Å². The minimum Gasteiger partial charge on any atom is -0.465 e. The van der Waals surface area contributed by atoms with Gasteiger partial charge in [-0.2, -0.15) is 0 Å². The predicted octanol–water partition coefficient (Wildman–Crippen LogP) is 3.00. The number of methoxy groups -OCH3 is 1. The monoisotopic (exact) mass is 284 g/mol. The Kier molecular flexibility index (Phi) is 4.23. The summed E-state index contributed by atoms with van der Waals surface area (Å²) in [6.07, 6.45) is 0. The molecule has 5 nitrogen and oxygen atoms in total. The van der Waals surface area contributed by atoms with E-state index in [1.54, 1.807) is 36.4 Å². The van der Waals surface area contributed by atoms with Gasteiger partial charge >= 0.3 is 5.97 Å². The Bertz CT molecular complexity index is 696. The van der Waals surface area contributed by atoms with Crippen LogP contribution < -0.4 is 11.1 Å². The molecule has 2 aromatic carbocycles. The number of ketones is 1. The molecule has 0 saturated heterocycles. The molecule has 5 heteroatoms. The number of hydrogen-bond acceptors (Lipinski definition) is 5. The average Bonchev–Trinajstić information content (AvgIpc) is 2.48. The molecule has 21 heavy (non-hydrogen) atoms. The van der Waals surface area contributed by atoms with Gasteiger partial charge in [-0.15, -0.1) is 0 Å². The van der Waals surface area contributed by atoms with E-state index in [9.17, 15) is 9.59 Å². The molecule has 0 aliphatic carbocycles. The fraction of sp³-hybridized carbons (Fsp3) is 0.125. The number of carbonyl (C=O) groups excluding carboxylic acids is 2. The van der Waals surface area contributed by atoms with E-state index < -0.39 is 5.97 Å². The van der Waals surface area contributed by atoms with Crippen molar-refractivity contribution in [3.63, 3.8) is 0 Å². The van der Waals surface area contributed by atoms with E-state index in [1.165, 1.54) is 14.0 Å². The standard InChI is InChI=1S/C16H16N2O3/c1-10(19)11-4-3-5-13(8-11)18-15-7-6-12(9-14(15)17)16(20)21-2/h3-9,18H,17H2,1-2H3. The van der Waals surface area contributed by atoms with Crippen LogP contribution in [0.1, 0.15) is 27.6 Å². The molecule has 0 fully saturated rings. The van der Waals surface area contributed by atoms with Crippen molar-refractivity contribution < 1.29 is 14.3 Å². The summed E-state index contributed by atoms with van der Waals surface area (Å²) in [5.41, 5.74) is 8.75. The van der Waals surface area contributed by atoms with Crippen LogP contribution in [0, 0.1) is 0 Å². The molecule has 2 aromatic rings. The zero-order valence-corrected chi connectivity index (χ0v) is 11.8. The lowest BCUT2D eigenvalue weighted by Gasteiger charge is -2.11. The normalized spacial score (nSPS) is 10.0. The first-order chi connectivity index (χ1) is 10.0. The lowest BCUT2D eigenvalue weighted by Crippen LogP contribution is -2.04. The highest BCUT2D eigenvalue weighted by molar-refractivity contribution is 5.95. The maximum atomic E-state index is 11.4. The molecule has 0 amide bonds. The molecule has 0 aliphatic rings. The van der Waals surface area contributed by atoms with Gasteiger partial charge in [0.2, 0.25) is 0 Å². The number of Topliss-reactive ketones (excluding diaryl/α,β-unsaturated/α-hetero) is 1. The van der Waals surface area contributed by atoms with Crippen molar-refractivity contribution in [3.05, 3.63) is 53.6 Å². The molecule has 0 spiro atoms. The summed E-state index contributed by atoms with van der Waals surface area (Å²) in [7, 11) is 1.32. The summed E-state index contributed by atoms with van der Waals surface area (Å²) in [6.45, 7) is 1.51. The molecule has 0 aromatic heterocycles. The molecule has 3 N–H and O–H groups in total. The van der Waals surface area contributed by atoms with Crippen LogP contribution in [0.2, 0.25) is 0 Å². The lowest BCUT2D eigenvalue weighted by atomic mass is 10.1. The van der Waals surface area contributed by atoms with Crippen molar-refractivity contribution in [2.24, 2.45) is 0 Å². The Morgan fingerprint density at radius 1 is 1.10 bits per heavy atom. The smallest absolute Gasteiger partial charge is 0.337 e. The summed E-state index contributed by atoms with van der Waals surface area (Å²) >= 11 is 0. The second-order valence-corrected chi connectivity index (χ2v) is 4.56. The molecular weight excluding hydrogens is 268 g/mol. The maximum Gasteiger partial charge on any atom is 0.337 e.